The summed E-state index contributed by atoms with van der Waals surface area (Å²) >= 11 is 3.32. The summed E-state index contributed by atoms with van der Waals surface area (Å²) < 4.78 is 11.5. The first kappa shape index (κ1) is 17.7. The number of carbonyl (C=O) groups is 1. The summed E-state index contributed by atoms with van der Waals surface area (Å²) in [4.78, 5) is 22.6. The van der Waals surface area contributed by atoms with E-state index >= 15 is 0 Å². The van der Waals surface area contributed by atoms with Gasteiger partial charge in [-0.05, 0) is 31.2 Å². The summed E-state index contributed by atoms with van der Waals surface area (Å²) in [5.41, 5.74) is 0.0630. The molecule has 0 aliphatic heterocycles. The second-order valence-corrected chi connectivity index (χ2v) is 5.76. The van der Waals surface area contributed by atoms with Crippen molar-refractivity contribution in [3.8, 4) is 11.5 Å². The smallest absolute Gasteiger partial charge is 0.271 e. The molecule has 2 rings (SSSR count). The first-order valence-electron chi connectivity index (χ1n) is 6.96. The molecule has 0 heterocycles. The SMILES string of the molecule is COc1ccc([N+](=O)[O-])cc1NC(=O)[C@H](C)Oc1cccc(Br)c1. The van der Waals surface area contributed by atoms with Gasteiger partial charge >= 0.3 is 0 Å². The molecule has 24 heavy (non-hydrogen) atoms. The fourth-order valence-electron chi connectivity index (χ4n) is 1.94. The molecule has 8 heteroatoms. The average Bonchev–Trinajstić information content (AvgIpc) is 2.54. The molecular weight excluding hydrogens is 380 g/mol. The van der Waals surface area contributed by atoms with Crippen LogP contribution in [-0.4, -0.2) is 24.0 Å². The highest BCUT2D eigenvalue weighted by Gasteiger charge is 2.19. The first-order valence-corrected chi connectivity index (χ1v) is 7.75. The first-order chi connectivity index (χ1) is 11.4. The number of nitro benzene ring substituents is 1. The molecule has 0 aromatic heterocycles. The van der Waals surface area contributed by atoms with Crippen LogP contribution >= 0.6 is 15.9 Å². The minimum atomic E-state index is -0.803. The Morgan fingerprint density at radius 2 is 2.04 bits per heavy atom. The largest absolute Gasteiger partial charge is 0.495 e. The van der Waals surface area contributed by atoms with Crippen molar-refractivity contribution in [3.05, 3.63) is 57.1 Å². The number of rotatable bonds is 6. The quantitative estimate of drug-likeness (QED) is 0.594. The zero-order chi connectivity index (χ0) is 17.7. The number of hydrogen-bond acceptors (Lipinski definition) is 5. The molecule has 0 unspecified atom stereocenters. The predicted octanol–water partition coefficient (Wildman–Crippen LogP) is 3.77. The molecule has 7 nitrogen and oxygen atoms in total. The lowest BCUT2D eigenvalue weighted by atomic mass is 10.2. The van der Waals surface area contributed by atoms with Crippen LogP contribution in [0.1, 0.15) is 6.92 Å². The Morgan fingerprint density at radius 3 is 2.67 bits per heavy atom. The molecule has 0 fully saturated rings. The molecule has 0 bridgehead atoms. The van der Waals surface area contributed by atoms with Crippen molar-refractivity contribution in [2.45, 2.75) is 13.0 Å². The van der Waals surface area contributed by atoms with Gasteiger partial charge in [-0.15, -0.1) is 0 Å². The Balaban J connectivity index is 2.13. The average molecular weight is 395 g/mol. The third-order valence-electron chi connectivity index (χ3n) is 3.13. The zero-order valence-electron chi connectivity index (χ0n) is 13.0. The van der Waals surface area contributed by atoms with Gasteiger partial charge in [0.1, 0.15) is 11.5 Å². The number of nitrogens with zero attached hydrogens (tertiary/aromatic N) is 1. The molecule has 2 aromatic rings. The molecule has 0 spiro atoms. The molecule has 0 aliphatic carbocycles. The summed E-state index contributed by atoms with van der Waals surface area (Å²) in [6.07, 6.45) is -0.803. The van der Waals surface area contributed by atoms with Gasteiger partial charge < -0.3 is 14.8 Å². The van der Waals surface area contributed by atoms with E-state index < -0.39 is 16.9 Å². The van der Waals surface area contributed by atoms with Crippen molar-refractivity contribution < 1.29 is 19.2 Å². The topological polar surface area (TPSA) is 90.7 Å². The third-order valence-corrected chi connectivity index (χ3v) is 3.62. The standard InChI is InChI=1S/C16H15BrN2O5/c1-10(24-13-5-3-4-11(17)8-13)16(20)18-14-9-12(19(21)22)6-7-15(14)23-2/h3-10H,1-2H3,(H,18,20)/t10-/m0/s1. The number of non-ortho nitro benzene ring substituents is 1. The number of ether oxygens (including phenoxy) is 2. The van der Waals surface area contributed by atoms with Crippen LogP contribution in [0.5, 0.6) is 11.5 Å². The molecule has 0 radical (unpaired) electrons. The number of methoxy groups -OCH3 is 1. The molecule has 2 aromatic carbocycles. The van der Waals surface area contributed by atoms with Gasteiger partial charge in [-0.3, -0.25) is 14.9 Å². The van der Waals surface area contributed by atoms with Crippen LogP contribution < -0.4 is 14.8 Å². The number of halogens is 1. The summed E-state index contributed by atoms with van der Waals surface area (Å²) in [6, 6.07) is 11.0. The lowest BCUT2D eigenvalue weighted by Gasteiger charge is -2.16. The number of hydrogen-bond donors (Lipinski definition) is 1. The van der Waals surface area contributed by atoms with E-state index in [2.05, 4.69) is 21.2 Å². The van der Waals surface area contributed by atoms with Crippen molar-refractivity contribution >= 4 is 33.2 Å². The van der Waals surface area contributed by atoms with Crippen LogP contribution in [-0.2, 0) is 4.79 Å². The van der Waals surface area contributed by atoms with Crippen LogP contribution in [0.4, 0.5) is 11.4 Å². The normalized spacial score (nSPS) is 11.5. The maximum absolute atomic E-state index is 12.3. The molecule has 0 saturated carbocycles. The van der Waals surface area contributed by atoms with Crippen LogP contribution in [0, 0.1) is 10.1 Å². The Labute approximate surface area is 146 Å². The molecule has 1 N–H and O–H groups in total. The molecule has 126 valence electrons. The molecule has 1 atom stereocenters. The highest BCUT2D eigenvalue weighted by molar-refractivity contribution is 9.10. The lowest BCUT2D eigenvalue weighted by Crippen LogP contribution is -2.30. The van der Waals surface area contributed by atoms with Gasteiger partial charge in [0.15, 0.2) is 6.10 Å². The minimum Gasteiger partial charge on any atom is -0.495 e. The maximum Gasteiger partial charge on any atom is 0.271 e. The highest BCUT2D eigenvalue weighted by atomic mass is 79.9. The Hall–Kier alpha value is -2.61. The molecular formula is C16H15BrN2O5. The highest BCUT2D eigenvalue weighted by Crippen LogP contribution is 2.29. The van der Waals surface area contributed by atoms with Crippen molar-refractivity contribution in [2.75, 3.05) is 12.4 Å². The Kier molecular flexibility index (Phi) is 5.75. The van der Waals surface area contributed by atoms with Crippen LogP contribution in [0.3, 0.4) is 0 Å². The van der Waals surface area contributed by atoms with Gasteiger partial charge in [-0.2, -0.15) is 0 Å². The number of nitrogens with one attached hydrogen (secondary N) is 1. The van der Waals surface area contributed by atoms with Gasteiger partial charge in [0, 0.05) is 16.6 Å². The Bertz CT molecular complexity index is 766. The van der Waals surface area contributed by atoms with E-state index in [1.54, 1.807) is 25.1 Å². The number of carbonyl (C=O) groups excluding carboxylic acids is 1. The molecule has 0 saturated heterocycles. The summed E-state index contributed by atoms with van der Waals surface area (Å²) in [5.74, 6) is 0.399. The van der Waals surface area contributed by atoms with Crippen molar-refractivity contribution in [3.63, 3.8) is 0 Å². The molecule has 1 amide bonds. The van der Waals surface area contributed by atoms with E-state index in [4.69, 9.17) is 9.47 Å². The third kappa shape index (κ3) is 4.45. The van der Waals surface area contributed by atoms with Crippen molar-refractivity contribution in [1.29, 1.82) is 0 Å². The lowest BCUT2D eigenvalue weighted by molar-refractivity contribution is -0.384. The van der Waals surface area contributed by atoms with E-state index in [1.807, 2.05) is 6.07 Å². The second kappa shape index (κ2) is 7.78. The monoisotopic (exact) mass is 394 g/mol. The maximum atomic E-state index is 12.3. The fourth-order valence-corrected chi connectivity index (χ4v) is 2.32. The van der Waals surface area contributed by atoms with Gasteiger partial charge in [0.05, 0.1) is 17.7 Å². The Morgan fingerprint density at radius 1 is 1.29 bits per heavy atom. The van der Waals surface area contributed by atoms with Gasteiger partial charge in [-0.1, -0.05) is 22.0 Å². The minimum absolute atomic E-state index is 0.147. The van der Waals surface area contributed by atoms with Gasteiger partial charge in [0.2, 0.25) is 0 Å². The van der Waals surface area contributed by atoms with Crippen molar-refractivity contribution in [1.82, 2.24) is 0 Å². The van der Waals surface area contributed by atoms with Crippen molar-refractivity contribution in [2.24, 2.45) is 0 Å². The van der Waals surface area contributed by atoms with Gasteiger partial charge in [0.25, 0.3) is 11.6 Å². The van der Waals surface area contributed by atoms with Gasteiger partial charge in [-0.25, -0.2) is 0 Å². The van der Waals surface area contributed by atoms with E-state index in [0.29, 0.717) is 11.5 Å². The fraction of sp³-hybridized carbons (Fsp3) is 0.188. The number of anilines is 1. The summed E-state index contributed by atoms with van der Waals surface area (Å²) in [6.45, 7) is 1.58. The van der Waals surface area contributed by atoms with E-state index in [0.717, 1.165) is 4.47 Å². The summed E-state index contributed by atoms with van der Waals surface area (Å²) in [7, 11) is 1.41. The summed E-state index contributed by atoms with van der Waals surface area (Å²) in [5, 5.41) is 13.5. The predicted molar refractivity (Wildman–Crippen MR) is 92.5 cm³/mol. The van der Waals surface area contributed by atoms with Crippen LogP contribution in [0.2, 0.25) is 0 Å². The van der Waals surface area contributed by atoms with Crippen LogP contribution in [0.25, 0.3) is 0 Å². The second-order valence-electron chi connectivity index (χ2n) is 4.85. The zero-order valence-corrected chi connectivity index (χ0v) is 14.6. The van der Waals surface area contributed by atoms with E-state index in [-0.39, 0.29) is 11.4 Å². The van der Waals surface area contributed by atoms with Crippen LogP contribution in [0.15, 0.2) is 46.9 Å². The number of benzene rings is 2. The van der Waals surface area contributed by atoms with E-state index in [9.17, 15) is 14.9 Å². The molecule has 0 aliphatic rings. The number of amides is 1. The van der Waals surface area contributed by atoms with E-state index in [1.165, 1.54) is 25.3 Å². The number of nitro groups is 1.